The van der Waals surface area contributed by atoms with E-state index in [1.165, 1.54) is 0 Å². The summed E-state index contributed by atoms with van der Waals surface area (Å²) < 4.78 is 9.91. The Bertz CT molecular complexity index is 272. The summed E-state index contributed by atoms with van der Waals surface area (Å²) in [4.78, 5) is 11.2. The van der Waals surface area contributed by atoms with Crippen molar-refractivity contribution in [3.8, 4) is 0 Å². The molecular formula is C10H16N2O3. The molecule has 0 spiro atoms. The summed E-state index contributed by atoms with van der Waals surface area (Å²) in [5.74, 6) is 0.776. The van der Waals surface area contributed by atoms with Gasteiger partial charge in [-0.3, -0.25) is 4.79 Å². The zero-order chi connectivity index (χ0) is 10.9. The number of nitrogens with one attached hydrogen (secondary N) is 2. The number of methoxy groups -OCH3 is 1. The van der Waals surface area contributed by atoms with Crippen LogP contribution in [-0.2, 0) is 16.1 Å². The van der Waals surface area contributed by atoms with Gasteiger partial charge in [-0.1, -0.05) is 0 Å². The molecule has 2 N–H and O–H groups in total. The lowest BCUT2D eigenvalue weighted by molar-refractivity contribution is -0.120. The minimum atomic E-state index is -0.0430. The zero-order valence-corrected chi connectivity index (χ0v) is 8.79. The first-order chi connectivity index (χ1) is 7.33. The molecule has 0 saturated heterocycles. The van der Waals surface area contributed by atoms with Crippen LogP contribution >= 0.6 is 0 Å². The second-order valence-electron chi connectivity index (χ2n) is 3.03. The van der Waals surface area contributed by atoms with E-state index in [0.717, 1.165) is 5.76 Å². The van der Waals surface area contributed by atoms with Gasteiger partial charge >= 0.3 is 0 Å². The van der Waals surface area contributed by atoms with Crippen molar-refractivity contribution in [1.82, 2.24) is 10.6 Å². The van der Waals surface area contributed by atoms with E-state index >= 15 is 0 Å². The standard InChI is InChI=1S/C10H16N2O3/c1-14-6-4-12-10(13)8-11-7-9-3-2-5-15-9/h2-3,5,11H,4,6-8H2,1H3,(H,12,13). The topological polar surface area (TPSA) is 63.5 Å². The Balaban J connectivity index is 2.02. The fraction of sp³-hybridized carbons (Fsp3) is 0.500. The maximum absolute atomic E-state index is 11.2. The van der Waals surface area contributed by atoms with E-state index in [0.29, 0.717) is 19.7 Å². The van der Waals surface area contributed by atoms with Crippen molar-refractivity contribution >= 4 is 5.91 Å². The number of rotatable bonds is 7. The molecular weight excluding hydrogens is 196 g/mol. The smallest absolute Gasteiger partial charge is 0.234 e. The van der Waals surface area contributed by atoms with E-state index in [-0.39, 0.29) is 12.5 Å². The number of carbonyl (C=O) groups excluding carboxylic acids is 1. The average molecular weight is 212 g/mol. The predicted molar refractivity (Wildman–Crippen MR) is 55.3 cm³/mol. The zero-order valence-electron chi connectivity index (χ0n) is 8.79. The summed E-state index contributed by atoms with van der Waals surface area (Å²) in [6.45, 7) is 1.91. The molecule has 5 heteroatoms. The monoisotopic (exact) mass is 212 g/mol. The van der Waals surface area contributed by atoms with Gasteiger partial charge in [-0.15, -0.1) is 0 Å². The van der Waals surface area contributed by atoms with Gasteiger partial charge in [0.25, 0.3) is 0 Å². The number of carbonyl (C=O) groups is 1. The Morgan fingerprint density at radius 3 is 3.13 bits per heavy atom. The summed E-state index contributed by atoms with van der Waals surface area (Å²) in [6, 6.07) is 3.67. The fourth-order valence-electron chi connectivity index (χ4n) is 1.07. The third kappa shape index (κ3) is 5.19. The van der Waals surface area contributed by atoms with Gasteiger partial charge in [0.1, 0.15) is 5.76 Å². The van der Waals surface area contributed by atoms with Crippen molar-refractivity contribution in [1.29, 1.82) is 0 Å². The highest BCUT2D eigenvalue weighted by molar-refractivity contribution is 5.77. The SMILES string of the molecule is COCCNC(=O)CNCc1ccco1. The Hall–Kier alpha value is -1.33. The largest absolute Gasteiger partial charge is 0.468 e. The Kier molecular flexibility index (Phi) is 5.50. The molecule has 0 aromatic carbocycles. The second-order valence-corrected chi connectivity index (χ2v) is 3.03. The van der Waals surface area contributed by atoms with Gasteiger partial charge in [0.05, 0.1) is 26.0 Å². The third-order valence-electron chi connectivity index (χ3n) is 1.79. The van der Waals surface area contributed by atoms with Crippen molar-refractivity contribution < 1.29 is 13.9 Å². The fourth-order valence-corrected chi connectivity index (χ4v) is 1.07. The van der Waals surface area contributed by atoms with Crippen LogP contribution in [0.2, 0.25) is 0 Å². The molecule has 1 rings (SSSR count). The van der Waals surface area contributed by atoms with Crippen molar-refractivity contribution in [3.05, 3.63) is 24.2 Å². The number of hydrogen-bond donors (Lipinski definition) is 2. The van der Waals surface area contributed by atoms with Crippen molar-refractivity contribution in [2.45, 2.75) is 6.54 Å². The van der Waals surface area contributed by atoms with Crippen LogP contribution < -0.4 is 10.6 Å². The minimum absolute atomic E-state index is 0.0430. The Morgan fingerprint density at radius 2 is 2.47 bits per heavy atom. The molecule has 0 atom stereocenters. The first-order valence-corrected chi connectivity index (χ1v) is 4.81. The van der Waals surface area contributed by atoms with Crippen LogP contribution in [0.25, 0.3) is 0 Å². The summed E-state index contributed by atoms with van der Waals surface area (Å²) in [7, 11) is 1.60. The quantitative estimate of drug-likeness (QED) is 0.631. The van der Waals surface area contributed by atoms with E-state index in [9.17, 15) is 4.79 Å². The van der Waals surface area contributed by atoms with Crippen LogP contribution in [0.1, 0.15) is 5.76 Å². The van der Waals surface area contributed by atoms with Crippen molar-refractivity contribution in [2.24, 2.45) is 0 Å². The van der Waals surface area contributed by atoms with Crippen molar-refractivity contribution in [3.63, 3.8) is 0 Å². The highest BCUT2D eigenvalue weighted by atomic mass is 16.5. The third-order valence-corrected chi connectivity index (χ3v) is 1.79. The summed E-state index contributed by atoms with van der Waals surface area (Å²) in [5.41, 5.74) is 0. The summed E-state index contributed by atoms with van der Waals surface area (Å²) in [5, 5.41) is 5.67. The lowest BCUT2D eigenvalue weighted by atomic mass is 10.4. The number of ether oxygens (including phenoxy) is 1. The lowest BCUT2D eigenvalue weighted by Gasteiger charge is -2.04. The van der Waals surface area contributed by atoms with Crippen LogP contribution in [0.3, 0.4) is 0 Å². The molecule has 0 saturated carbocycles. The number of furan rings is 1. The van der Waals surface area contributed by atoms with E-state index < -0.39 is 0 Å². The Morgan fingerprint density at radius 1 is 1.60 bits per heavy atom. The second kappa shape index (κ2) is 7.03. The molecule has 0 radical (unpaired) electrons. The van der Waals surface area contributed by atoms with Crippen molar-refractivity contribution in [2.75, 3.05) is 26.8 Å². The molecule has 1 aromatic heterocycles. The molecule has 0 aliphatic carbocycles. The molecule has 84 valence electrons. The van der Waals surface area contributed by atoms with Crippen LogP contribution in [0.15, 0.2) is 22.8 Å². The predicted octanol–water partition coefficient (Wildman–Crippen LogP) is 0.132. The van der Waals surface area contributed by atoms with Crippen LogP contribution in [0.5, 0.6) is 0 Å². The van der Waals surface area contributed by atoms with E-state index in [4.69, 9.17) is 9.15 Å². The number of hydrogen-bond acceptors (Lipinski definition) is 4. The molecule has 0 bridgehead atoms. The molecule has 0 fully saturated rings. The molecule has 0 aliphatic rings. The molecule has 5 nitrogen and oxygen atoms in total. The molecule has 1 amide bonds. The van der Waals surface area contributed by atoms with Gasteiger partial charge in [0, 0.05) is 13.7 Å². The Labute approximate surface area is 88.8 Å². The maximum atomic E-state index is 11.2. The highest BCUT2D eigenvalue weighted by Gasteiger charge is 2.00. The molecule has 0 aliphatic heterocycles. The van der Waals surface area contributed by atoms with Crippen LogP contribution in [-0.4, -0.2) is 32.7 Å². The molecule has 0 unspecified atom stereocenters. The number of amides is 1. The first kappa shape index (κ1) is 11.7. The van der Waals surface area contributed by atoms with E-state index in [1.54, 1.807) is 13.4 Å². The molecule has 1 aromatic rings. The van der Waals surface area contributed by atoms with Gasteiger partial charge in [-0.2, -0.15) is 0 Å². The normalized spacial score (nSPS) is 10.2. The molecule has 1 heterocycles. The summed E-state index contributed by atoms with van der Waals surface area (Å²) >= 11 is 0. The van der Waals surface area contributed by atoms with Crippen LogP contribution in [0.4, 0.5) is 0 Å². The molecule has 15 heavy (non-hydrogen) atoms. The van der Waals surface area contributed by atoms with Gasteiger partial charge in [0.15, 0.2) is 0 Å². The van der Waals surface area contributed by atoms with Gasteiger partial charge in [-0.25, -0.2) is 0 Å². The van der Waals surface area contributed by atoms with Crippen LogP contribution in [0, 0.1) is 0 Å². The van der Waals surface area contributed by atoms with E-state index in [1.807, 2.05) is 12.1 Å². The average Bonchev–Trinajstić information content (AvgIpc) is 2.71. The minimum Gasteiger partial charge on any atom is -0.468 e. The van der Waals surface area contributed by atoms with Gasteiger partial charge < -0.3 is 19.8 Å². The van der Waals surface area contributed by atoms with Gasteiger partial charge in [-0.05, 0) is 12.1 Å². The summed E-state index contributed by atoms with van der Waals surface area (Å²) in [6.07, 6.45) is 1.61. The lowest BCUT2D eigenvalue weighted by Crippen LogP contribution is -2.35. The maximum Gasteiger partial charge on any atom is 0.234 e. The highest BCUT2D eigenvalue weighted by Crippen LogP contribution is 1.97. The van der Waals surface area contributed by atoms with E-state index in [2.05, 4.69) is 10.6 Å². The van der Waals surface area contributed by atoms with Gasteiger partial charge in [0.2, 0.25) is 5.91 Å². The first-order valence-electron chi connectivity index (χ1n) is 4.81.